The molecule has 26 heavy (non-hydrogen) atoms. The Morgan fingerprint density at radius 3 is 2.38 bits per heavy atom. The van der Waals surface area contributed by atoms with Gasteiger partial charge in [0.1, 0.15) is 0 Å². The molecule has 0 bridgehead atoms. The first kappa shape index (κ1) is 19.3. The van der Waals surface area contributed by atoms with Gasteiger partial charge in [-0.25, -0.2) is 14.6 Å². The Morgan fingerprint density at radius 1 is 1.19 bits per heavy atom. The summed E-state index contributed by atoms with van der Waals surface area (Å²) in [4.78, 5) is 29.0. The van der Waals surface area contributed by atoms with Crippen LogP contribution >= 0.6 is 0 Å². The fourth-order valence-electron chi connectivity index (χ4n) is 2.35. The molecule has 1 heterocycles. The number of quaternary nitrogens is 1. The van der Waals surface area contributed by atoms with Crippen LogP contribution in [-0.2, 0) is 4.79 Å². The summed E-state index contributed by atoms with van der Waals surface area (Å²) in [5, 5.41) is 6.15. The van der Waals surface area contributed by atoms with Crippen molar-refractivity contribution < 1.29 is 14.1 Å². The van der Waals surface area contributed by atoms with Crippen molar-refractivity contribution in [3.8, 4) is 0 Å². The highest BCUT2D eigenvalue weighted by atomic mass is 16.2. The Bertz CT molecular complexity index is 820. The molecular weight excluding hydrogens is 330 g/mol. The van der Waals surface area contributed by atoms with Gasteiger partial charge in [-0.1, -0.05) is 42.5 Å². The van der Waals surface area contributed by atoms with Crippen molar-refractivity contribution in [2.24, 2.45) is 15.8 Å². The summed E-state index contributed by atoms with van der Waals surface area (Å²) in [6.07, 6.45) is 5.36. The number of urea groups is 1. The smallest absolute Gasteiger partial charge is 0.318 e. The number of hydrogen-bond acceptors (Lipinski definition) is 5. The average Bonchev–Trinajstić information content (AvgIpc) is 2.65. The predicted molar refractivity (Wildman–Crippen MR) is 103 cm³/mol. The molecule has 7 heteroatoms. The Morgan fingerprint density at radius 2 is 1.85 bits per heavy atom. The lowest BCUT2D eigenvalue weighted by Gasteiger charge is -2.28. The number of primary amides is 1. The minimum Gasteiger partial charge on any atom is -0.318 e. The quantitative estimate of drug-likeness (QED) is 0.842. The normalized spacial score (nSPS) is 16.6. The fourth-order valence-corrected chi connectivity index (χ4v) is 2.35. The van der Waals surface area contributed by atoms with E-state index in [9.17, 15) is 9.59 Å². The van der Waals surface area contributed by atoms with Crippen molar-refractivity contribution in [2.75, 3.05) is 20.6 Å². The number of carbonyl (C=O) groups excluding carboxylic acids is 2. The molecule has 0 saturated heterocycles. The third kappa shape index (κ3) is 3.94. The monoisotopic (exact) mass is 354 g/mol. The van der Waals surface area contributed by atoms with Crippen LogP contribution in [0.3, 0.4) is 0 Å². The van der Waals surface area contributed by atoms with E-state index in [0.717, 1.165) is 5.56 Å². The van der Waals surface area contributed by atoms with Gasteiger partial charge in [-0.2, -0.15) is 9.58 Å². The van der Waals surface area contributed by atoms with Gasteiger partial charge in [-0.05, 0) is 25.5 Å². The summed E-state index contributed by atoms with van der Waals surface area (Å²) >= 11 is 0. The van der Waals surface area contributed by atoms with E-state index in [4.69, 9.17) is 5.73 Å². The summed E-state index contributed by atoms with van der Waals surface area (Å²) in [5.41, 5.74) is 7.10. The van der Waals surface area contributed by atoms with Crippen LogP contribution in [-0.4, -0.2) is 53.6 Å². The van der Waals surface area contributed by atoms with E-state index in [2.05, 4.69) is 10.1 Å². The number of benzene rings is 1. The van der Waals surface area contributed by atoms with Gasteiger partial charge < -0.3 is 5.73 Å². The number of amidine groups is 1. The Hall–Kier alpha value is -3.06. The van der Waals surface area contributed by atoms with Crippen molar-refractivity contribution in [3.63, 3.8) is 0 Å². The van der Waals surface area contributed by atoms with Gasteiger partial charge in [-0.3, -0.25) is 5.01 Å². The van der Waals surface area contributed by atoms with E-state index in [1.165, 1.54) is 14.1 Å². The topological polar surface area (TPSA) is 88.1 Å². The van der Waals surface area contributed by atoms with E-state index in [-0.39, 0.29) is 5.71 Å². The third-order valence-corrected chi connectivity index (χ3v) is 4.03. The van der Waals surface area contributed by atoms with Gasteiger partial charge in [0.2, 0.25) is 0 Å². The lowest BCUT2D eigenvalue weighted by atomic mass is 10.1. The second kappa shape index (κ2) is 7.88. The van der Waals surface area contributed by atoms with E-state index in [1.807, 2.05) is 43.3 Å². The zero-order chi connectivity index (χ0) is 19.3. The third-order valence-electron chi connectivity index (χ3n) is 4.03. The first-order valence-electron chi connectivity index (χ1n) is 8.34. The largest absolute Gasteiger partial charge is 0.421 e. The van der Waals surface area contributed by atoms with Gasteiger partial charge in [0.05, 0.1) is 19.8 Å². The van der Waals surface area contributed by atoms with Crippen LogP contribution in [0, 0.1) is 0 Å². The maximum atomic E-state index is 12.9. The average molecular weight is 354 g/mol. The highest BCUT2D eigenvalue weighted by molar-refractivity contribution is 6.45. The molecule has 0 spiro atoms. The molecule has 2 rings (SSSR count). The first-order valence-corrected chi connectivity index (χ1v) is 8.34. The molecular formula is C19H24N5O2+. The lowest BCUT2D eigenvalue weighted by molar-refractivity contribution is -0.723. The number of nitrogens with two attached hydrogens (primary N) is 1. The maximum absolute atomic E-state index is 12.9. The summed E-state index contributed by atoms with van der Waals surface area (Å²) in [6, 6.07) is 8.97. The van der Waals surface area contributed by atoms with Gasteiger partial charge in [0.15, 0.2) is 11.5 Å². The molecule has 0 aromatic heterocycles. The van der Waals surface area contributed by atoms with Gasteiger partial charge >= 0.3 is 11.9 Å². The highest BCUT2D eigenvalue weighted by Gasteiger charge is 2.40. The number of hydrazone groups is 1. The zero-order valence-electron chi connectivity index (χ0n) is 15.5. The standard InChI is InChI=1S/C19H23N5O2/c1-5-15-17(18(25)24(3,4)19(20)26)21-16(22-23(15)6-2)13-12-14-10-8-7-9-11-14/h5,7-13H,6H2,1-4H3,(H-,20,26)/p+1. The molecule has 1 aromatic rings. The Kier molecular flexibility index (Phi) is 5.84. The van der Waals surface area contributed by atoms with Crippen molar-refractivity contribution in [3.05, 3.63) is 53.7 Å². The van der Waals surface area contributed by atoms with Crippen LogP contribution in [0.4, 0.5) is 4.79 Å². The molecule has 1 aliphatic rings. The van der Waals surface area contributed by atoms with Crippen LogP contribution in [0.25, 0.3) is 6.08 Å². The van der Waals surface area contributed by atoms with Crippen LogP contribution in [0.1, 0.15) is 19.4 Å². The number of aliphatic imine (C=N–C) groups is 1. The van der Waals surface area contributed by atoms with Crippen LogP contribution in [0.5, 0.6) is 0 Å². The SMILES string of the molecule is CC=C1C(C(=O)[N+](C)(C)C(N)=O)=NC(C=Cc2ccccc2)=NN1CC. The fraction of sp³-hybridized carbons (Fsp3) is 0.263. The summed E-state index contributed by atoms with van der Waals surface area (Å²) in [7, 11) is 2.89. The molecule has 0 radical (unpaired) electrons. The molecule has 1 aromatic carbocycles. The number of amides is 3. The summed E-state index contributed by atoms with van der Waals surface area (Å²) in [6.45, 7) is 4.27. The first-order chi connectivity index (χ1) is 12.3. The molecule has 0 saturated carbocycles. The number of imide groups is 1. The highest BCUT2D eigenvalue weighted by Crippen LogP contribution is 2.18. The number of allylic oxidation sites excluding steroid dienone is 1. The number of rotatable bonds is 4. The molecule has 0 fully saturated rings. The van der Waals surface area contributed by atoms with Crippen molar-refractivity contribution in [1.82, 2.24) is 5.01 Å². The van der Waals surface area contributed by atoms with Gasteiger partial charge in [-0.15, -0.1) is 0 Å². The number of carbonyl (C=O) groups is 2. The van der Waals surface area contributed by atoms with E-state index >= 15 is 0 Å². The molecule has 2 N–H and O–H groups in total. The Balaban J connectivity index is 2.45. The molecule has 136 valence electrons. The summed E-state index contributed by atoms with van der Waals surface area (Å²) in [5.74, 6) is -0.0984. The van der Waals surface area contributed by atoms with E-state index in [1.54, 1.807) is 24.1 Å². The van der Waals surface area contributed by atoms with Gasteiger partial charge in [0.25, 0.3) is 0 Å². The predicted octanol–water partition coefficient (Wildman–Crippen LogP) is 2.38. The minimum absolute atomic E-state index is 0.167. The molecule has 0 aliphatic carbocycles. The molecule has 0 unspecified atom stereocenters. The Labute approximate surface area is 153 Å². The molecule has 7 nitrogen and oxygen atoms in total. The number of hydrogen-bond donors (Lipinski definition) is 1. The van der Waals surface area contributed by atoms with Gasteiger partial charge in [0, 0.05) is 6.54 Å². The summed E-state index contributed by atoms with van der Waals surface area (Å²) < 4.78 is -0.622. The van der Waals surface area contributed by atoms with Crippen molar-refractivity contribution in [1.29, 1.82) is 0 Å². The second-order valence-electron chi connectivity index (χ2n) is 6.15. The van der Waals surface area contributed by atoms with Crippen LogP contribution in [0.15, 0.2) is 58.3 Å². The van der Waals surface area contributed by atoms with Crippen LogP contribution < -0.4 is 5.73 Å². The molecule has 1 aliphatic heterocycles. The minimum atomic E-state index is -0.750. The van der Waals surface area contributed by atoms with E-state index in [0.29, 0.717) is 18.1 Å². The lowest BCUT2D eigenvalue weighted by Crippen LogP contribution is -2.57. The second-order valence-corrected chi connectivity index (χ2v) is 6.15. The van der Waals surface area contributed by atoms with Crippen molar-refractivity contribution in [2.45, 2.75) is 13.8 Å². The molecule has 0 atom stereocenters. The van der Waals surface area contributed by atoms with E-state index < -0.39 is 16.4 Å². The van der Waals surface area contributed by atoms with Crippen LogP contribution in [0.2, 0.25) is 0 Å². The van der Waals surface area contributed by atoms with Crippen molar-refractivity contribution >= 4 is 29.6 Å². The maximum Gasteiger partial charge on any atom is 0.421 e. The number of nitrogens with zero attached hydrogens (tertiary/aromatic N) is 4. The molecule has 3 amide bonds. The zero-order valence-corrected chi connectivity index (χ0v) is 15.5.